The van der Waals surface area contributed by atoms with Crippen molar-refractivity contribution < 1.29 is 19.1 Å². The second-order valence-corrected chi connectivity index (χ2v) is 10.5. The predicted molar refractivity (Wildman–Crippen MR) is 133 cm³/mol. The van der Waals surface area contributed by atoms with E-state index in [9.17, 15) is 14.4 Å². The van der Waals surface area contributed by atoms with Crippen molar-refractivity contribution in [3.05, 3.63) is 34.8 Å². The van der Waals surface area contributed by atoms with Gasteiger partial charge in [-0.1, -0.05) is 42.7 Å². The number of carbonyl (C=O) groups is 3. The SMILES string of the molecule is COC(=O)c1ccccc1N1CC(C(=O)N2CCN(c3nnc(C4CCCCC4)s3)CC2)CC1=O. The first-order chi connectivity index (χ1) is 17.0. The van der Waals surface area contributed by atoms with Crippen molar-refractivity contribution in [2.24, 2.45) is 5.92 Å². The number of amides is 2. The summed E-state index contributed by atoms with van der Waals surface area (Å²) in [6.07, 6.45) is 6.43. The third kappa shape index (κ3) is 4.89. The number of carbonyl (C=O) groups excluding carboxylic acids is 3. The predicted octanol–water partition coefficient (Wildman–Crippen LogP) is 3.07. The summed E-state index contributed by atoms with van der Waals surface area (Å²) in [5.74, 6) is -0.523. The summed E-state index contributed by atoms with van der Waals surface area (Å²) in [7, 11) is 1.31. The van der Waals surface area contributed by atoms with Crippen LogP contribution in [0.2, 0.25) is 0 Å². The van der Waals surface area contributed by atoms with E-state index in [4.69, 9.17) is 4.74 Å². The van der Waals surface area contributed by atoms with Crippen LogP contribution in [0.4, 0.5) is 10.8 Å². The van der Waals surface area contributed by atoms with Crippen LogP contribution in [-0.2, 0) is 14.3 Å². The van der Waals surface area contributed by atoms with Crippen LogP contribution >= 0.6 is 11.3 Å². The molecule has 0 spiro atoms. The summed E-state index contributed by atoms with van der Waals surface area (Å²) in [6, 6.07) is 6.86. The number of anilines is 2. The van der Waals surface area contributed by atoms with E-state index in [1.807, 2.05) is 4.90 Å². The molecule has 1 aromatic heterocycles. The van der Waals surface area contributed by atoms with Crippen LogP contribution < -0.4 is 9.80 Å². The molecule has 3 aliphatic rings. The van der Waals surface area contributed by atoms with Crippen LogP contribution in [0.1, 0.15) is 59.8 Å². The van der Waals surface area contributed by atoms with E-state index < -0.39 is 11.9 Å². The van der Waals surface area contributed by atoms with Crippen molar-refractivity contribution >= 4 is 39.9 Å². The molecule has 3 fully saturated rings. The molecule has 3 heterocycles. The summed E-state index contributed by atoms with van der Waals surface area (Å²) in [5, 5.41) is 11.0. The molecule has 1 aliphatic carbocycles. The molecular formula is C25H31N5O4S. The smallest absolute Gasteiger partial charge is 0.339 e. The molecule has 0 radical (unpaired) electrons. The first-order valence-corrected chi connectivity index (χ1v) is 13.2. The molecule has 2 saturated heterocycles. The molecule has 2 amide bonds. The number of aromatic nitrogens is 2. The summed E-state index contributed by atoms with van der Waals surface area (Å²) < 4.78 is 4.86. The van der Waals surface area contributed by atoms with Gasteiger partial charge in [-0.25, -0.2) is 4.79 Å². The van der Waals surface area contributed by atoms with Crippen molar-refractivity contribution in [3.63, 3.8) is 0 Å². The lowest BCUT2D eigenvalue weighted by Gasteiger charge is -2.35. The van der Waals surface area contributed by atoms with Crippen LogP contribution in [-0.4, -0.2) is 72.7 Å². The Morgan fingerprint density at radius 1 is 1.03 bits per heavy atom. The number of piperazine rings is 1. The zero-order chi connectivity index (χ0) is 24.4. The Bertz CT molecular complexity index is 1090. The molecule has 0 N–H and O–H groups in total. The molecule has 5 rings (SSSR count). The average Bonchev–Trinajstić information content (AvgIpc) is 3.56. The van der Waals surface area contributed by atoms with Gasteiger partial charge in [0.25, 0.3) is 0 Å². The van der Waals surface area contributed by atoms with E-state index in [1.54, 1.807) is 40.5 Å². The molecule has 186 valence electrons. The van der Waals surface area contributed by atoms with Crippen molar-refractivity contribution in [1.29, 1.82) is 0 Å². The van der Waals surface area contributed by atoms with Gasteiger partial charge in [0.15, 0.2) is 0 Å². The van der Waals surface area contributed by atoms with Crippen LogP contribution in [0.25, 0.3) is 0 Å². The fraction of sp³-hybridized carbons (Fsp3) is 0.560. The molecular weight excluding hydrogens is 466 g/mol. The van der Waals surface area contributed by atoms with Crippen molar-refractivity contribution in [2.75, 3.05) is 49.6 Å². The molecule has 2 aromatic rings. The number of nitrogens with zero attached hydrogens (tertiary/aromatic N) is 5. The Balaban J connectivity index is 1.19. The van der Waals surface area contributed by atoms with Crippen molar-refractivity contribution in [1.82, 2.24) is 15.1 Å². The minimum absolute atomic E-state index is 0.00351. The van der Waals surface area contributed by atoms with Crippen LogP contribution in [0.5, 0.6) is 0 Å². The maximum atomic E-state index is 13.3. The minimum atomic E-state index is -0.498. The molecule has 1 unspecified atom stereocenters. The van der Waals surface area contributed by atoms with Gasteiger partial charge in [-0.15, -0.1) is 10.2 Å². The van der Waals surface area contributed by atoms with Gasteiger partial charge in [0.05, 0.1) is 24.3 Å². The van der Waals surface area contributed by atoms with E-state index >= 15 is 0 Å². The molecule has 1 aromatic carbocycles. The molecule has 35 heavy (non-hydrogen) atoms. The standard InChI is InChI=1S/C25H31N5O4S/c1-34-24(33)19-9-5-6-10-20(19)30-16-18(15-21(30)31)23(32)28-11-13-29(14-12-28)25-27-26-22(35-25)17-7-3-2-4-8-17/h5-6,9-10,17-18H,2-4,7-8,11-16H2,1H3. The second kappa shape index (κ2) is 10.3. The van der Waals surface area contributed by atoms with Crippen molar-refractivity contribution in [2.45, 2.75) is 44.4 Å². The van der Waals surface area contributed by atoms with Gasteiger partial charge in [0.2, 0.25) is 16.9 Å². The highest BCUT2D eigenvalue weighted by Crippen LogP contribution is 2.36. The Morgan fingerprint density at radius 2 is 1.77 bits per heavy atom. The normalized spacial score (nSPS) is 21.5. The number of esters is 1. The van der Waals surface area contributed by atoms with Gasteiger partial charge in [-0.2, -0.15) is 0 Å². The third-order valence-electron chi connectivity index (χ3n) is 7.32. The summed E-state index contributed by atoms with van der Waals surface area (Å²) >= 11 is 1.70. The van der Waals surface area contributed by atoms with Gasteiger partial charge >= 0.3 is 5.97 Å². The van der Waals surface area contributed by atoms with Gasteiger partial charge in [0, 0.05) is 45.1 Å². The van der Waals surface area contributed by atoms with Gasteiger partial charge < -0.3 is 19.4 Å². The number of hydrogen-bond acceptors (Lipinski definition) is 8. The first kappa shape index (κ1) is 23.7. The van der Waals surface area contributed by atoms with Gasteiger partial charge in [-0.05, 0) is 25.0 Å². The maximum Gasteiger partial charge on any atom is 0.339 e. The number of benzene rings is 1. The molecule has 1 saturated carbocycles. The fourth-order valence-corrected chi connectivity index (χ4v) is 6.41. The largest absolute Gasteiger partial charge is 0.465 e. The number of hydrogen-bond donors (Lipinski definition) is 0. The Labute approximate surface area is 209 Å². The van der Waals surface area contributed by atoms with E-state index in [2.05, 4.69) is 15.1 Å². The molecule has 1 atom stereocenters. The number of methoxy groups -OCH3 is 1. The zero-order valence-corrected chi connectivity index (χ0v) is 20.8. The highest BCUT2D eigenvalue weighted by molar-refractivity contribution is 7.15. The van der Waals surface area contributed by atoms with Crippen LogP contribution in [0.3, 0.4) is 0 Å². The van der Waals surface area contributed by atoms with Crippen molar-refractivity contribution in [3.8, 4) is 0 Å². The lowest BCUT2D eigenvalue weighted by atomic mass is 9.90. The van der Waals surface area contributed by atoms with Crippen LogP contribution in [0, 0.1) is 5.92 Å². The Hall–Kier alpha value is -3.01. The summed E-state index contributed by atoms with van der Waals surface area (Å²) in [5.41, 5.74) is 0.823. The topological polar surface area (TPSA) is 95.9 Å². The Kier molecular flexibility index (Phi) is 6.99. The van der Waals surface area contributed by atoms with Gasteiger partial charge in [0.1, 0.15) is 5.01 Å². The highest BCUT2D eigenvalue weighted by Gasteiger charge is 2.39. The van der Waals surface area contributed by atoms with E-state index in [0.29, 0.717) is 43.3 Å². The Morgan fingerprint density at radius 3 is 2.51 bits per heavy atom. The van der Waals surface area contributed by atoms with Gasteiger partial charge in [-0.3, -0.25) is 9.59 Å². The molecule has 10 heteroatoms. The second-order valence-electron chi connectivity index (χ2n) is 9.48. The quantitative estimate of drug-likeness (QED) is 0.586. The molecule has 2 aliphatic heterocycles. The summed E-state index contributed by atoms with van der Waals surface area (Å²) in [4.78, 5) is 43.8. The number of para-hydroxylation sites is 1. The fourth-order valence-electron chi connectivity index (χ4n) is 5.34. The average molecular weight is 498 g/mol. The molecule has 0 bridgehead atoms. The number of rotatable bonds is 5. The highest BCUT2D eigenvalue weighted by atomic mass is 32.1. The monoisotopic (exact) mass is 497 g/mol. The van der Waals surface area contributed by atoms with Crippen LogP contribution in [0.15, 0.2) is 24.3 Å². The minimum Gasteiger partial charge on any atom is -0.465 e. The van der Waals surface area contributed by atoms with E-state index in [-0.39, 0.29) is 24.8 Å². The lowest BCUT2D eigenvalue weighted by molar-refractivity contribution is -0.136. The number of ether oxygens (including phenoxy) is 1. The van der Waals surface area contributed by atoms with E-state index in [0.717, 1.165) is 10.1 Å². The van der Waals surface area contributed by atoms with E-state index in [1.165, 1.54) is 39.2 Å². The first-order valence-electron chi connectivity index (χ1n) is 12.4. The molecule has 9 nitrogen and oxygen atoms in total. The summed E-state index contributed by atoms with van der Waals surface area (Å²) in [6.45, 7) is 2.88. The zero-order valence-electron chi connectivity index (χ0n) is 20.0. The third-order valence-corrected chi connectivity index (χ3v) is 8.47. The maximum absolute atomic E-state index is 13.3. The lowest BCUT2D eigenvalue weighted by Crippen LogP contribution is -2.50.